The van der Waals surface area contributed by atoms with E-state index in [0.29, 0.717) is 0 Å². The van der Waals surface area contributed by atoms with E-state index in [1.807, 2.05) is 54.8 Å². The van der Waals surface area contributed by atoms with Crippen molar-refractivity contribution in [2.75, 3.05) is 5.32 Å². The molecule has 0 fully saturated rings. The van der Waals surface area contributed by atoms with E-state index < -0.39 is 0 Å². The summed E-state index contributed by atoms with van der Waals surface area (Å²) in [4.78, 5) is 21.6. The average Bonchev–Trinajstić information content (AvgIpc) is 3.15. The largest absolute Gasteiger partial charge is 0.326 e. The molecular formula is C23H21N3OS2. The standard InChI is InChI=1S/C23H21N3OS2/c1-15-7-9-17(10-8-15)24-21(27)12-23-25-18(14-29-23)13-28-22-11-16(2)19-5-3-4-6-20(19)26-22/h3-11,14H,12-13H2,1-2H3,(H,24,27). The number of aryl methyl sites for hydroxylation is 2. The van der Waals surface area contributed by atoms with Crippen LogP contribution in [0.3, 0.4) is 0 Å². The highest BCUT2D eigenvalue weighted by atomic mass is 32.2. The zero-order valence-electron chi connectivity index (χ0n) is 16.3. The van der Waals surface area contributed by atoms with Crippen LogP contribution in [0.2, 0.25) is 0 Å². The Morgan fingerprint density at radius 1 is 1.07 bits per heavy atom. The van der Waals surface area contributed by atoms with E-state index in [4.69, 9.17) is 4.98 Å². The van der Waals surface area contributed by atoms with Gasteiger partial charge in [0.25, 0.3) is 0 Å². The molecule has 0 bridgehead atoms. The predicted molar refractivity (Wildman–Crippen MR) is 122 cm³/mol. The molecule has 0 unspecified atom stereocenters. The molecule has 2 heterocycles. The first-order chi connectivity index (χ1) is 14.1. The van der Waals surface area contributed by atoms with E-state index in [1.54, 1.807) is 11.8 Å². The monoisotopic (exact) mass is 419 g/mol. The topological polar surface area (TPSA) is 54.9 Å². The molecule has 0 aliphatic carbocycles. The van der Waals surface area contributed by atoms with Crippen molar-refractivity contribution in [3.63, 3.8) is 0 Å². The maximum Gasteiger partial charge on any atom is 0.231 e. The van der Waals surface area contributed by atoms with E-state index in [9.17, 15) is 4.79 Å². The van der Waals surface area contributed by atoms with Crippen LogP contribution in [0.15, 0.2) is 65.0 Å². The molecule has 4 nitrogen and oxygen atoms in total. The van der Waals surface area contributed by atoms with Crippen molar-refractivity contribution in [3.8, 4) is 0 Å². The fraction of sp³-hybridized carbons (Fsp3) is 0.174. The van der Waals surface area contributed by atoms with Gasteiger partial charge in [-0.2, -0.15) is 0 Å². The van der Waals surface area contributed by atoms with Gasteiger partial charge in [-0.3, -0.25) is 4.79 Å². The van der Waals surface area contributed by atoms with Crippen LogP contribution < -0.4 is 5.32 Å². The van der Waals surface area contributed by atoms with Crippen molar-refractivity contribution < 1.29 is 4.79 Å². The van der Waals surface area contributed by atoms with Gasteiger partial charge in [-0.05, 0) is 43.7 Å². The predicted octanol–water partition coefficient (Wildman–Crippen LogP) is 5.78. The summed E-state index contributed by atoms with van der Waals surface area (Å²) in [7, 11) is 0. The number of para-hydroxylation sites is 1. The maximum absolute atomic E-state index is 12.3. The van der Waals surface area contributed by atoms with Crippen LogP contribution in [-0.2, 0) is 17.0 Å². The van der Waals surface area contributed by atoms with E-state index in [-0.39, 0.29) is 12.3 Å². The Hall–Kier alpha value is -2.70. The number of aromatic nitrogens is 2. The van der Waals surface area contributed by atoms with Crippen LogP contribution in [0.1, 0.15) is 21.8 Å². The molecule has 0 aliphatic heterocycles. The van der Waals surface area contributed by atoms with Gasteiger partial charge in [0, 0.05) is 22.2 Å². The van der Waals surface area contributed by atoms with Crippen molar-refractivity contribution in [3.05, 3.63) is 81.8 Å². The van der Waals surface area contributed by atoms with Gasteiger partial charge in [0.1, 0.15) is 5.01 Å². The molecule has 0 atom stereocenters. The van der Waals surface area contributed by atoms with Gasteiger partial charge < -0.3 is 5.32 Å². The highest BCUT2D eigenvalue weighted by Gasteiger charge is 2.10. The number of benzene rings is 2. The number of anilines is 1. The zero-order valence-corrected chi connectivity index (χ0v) is 17.9. The molecule has 4 rings (SSSR count). The molecule has 1 amide bonds. The van der Waals surface area contributed by atoms with Gasteiger partial charge >= 0.3 is 0 Å². The molecule has 29 heavy (non-hydrogen) atoms. The lowest BCUT2D eigenvalue weighted by molar-refractivity contribution is -0.115. The van der Waals surface area contributed by atoms with Crippen molar-refractivity contribution in [2.45, 2.75) is 31.0 Å². The van der Waals surface area contributed by atoms with Crippen LogP contribution >= 0.6 is 23.1 Å². The summed E-state index contributed by atoms with van der Waals surface area (Å²) < 4.78 is 0. The average molecular weight is 420 g/mol. The molecule has 4 aromatic rings. The smallest absolute Gasteiger partial charge is 0.231 e. The van der Waals surface area contributed by atoms with E-state index in [2.05, 4.69) is 29.4 Å². The first-order valence-corrected chi connectivity index (χ1v) is 11.2. The number of pyridine rings is 1. The number of amides is 1. The minimum Gasteiger partial charge on any atom is -0.326 e. The summed E-state index contributed by atoms with van der Waals surface area (Å²) in [5.74, 6) is 0.690. The second-order valence-corrected chi connectivity index (χ2v) is 8.85. The third-order valence-corrected chi connectivity index (χ3v) is 6.36. The van der Waals surface area contributed by atoms with Crippen LogP contribution in [0.4, 0.5) is 5.69 Å². The summed E-state index contributed by atoms with van der Waals surface area (Å²) in [6.45, 7) is 4.14. The Morgan fingerprint density at radius 3 is 2.69 bits per heavy atom. The normalized spacial score (nSPS) is 11.0. The van der Waals surface area contributed by atoms with E-state index in [0.717, 1.165) is 32.7 Å². The summed E-state index contributed by atoms with van der Waals surface area (Å²) in [5, 5.41) is 7.95. The Bertz CT molecular complexity index is 1150. The number of rotatable bonds is 6. The minimum absolute atomic E-state index is 0.0470. The van der Waals surface area contributed by atoms with Gasteiger partial charge in [0.15, 0.2) is 0 Å². The number of nitrogens with zero attached hydrogens (tertiary/aromatic N) is 2. The Labute approximate surface area is 178 Å². The maximum atomic E-state index is 12.3. The van der Waals surface area contributed by atoms with Gasteiger partial charge in [-0.15, -0.1) is 11.3 Å². The van der Waals surface area contributed by atoms with Gasteiger partial charge in [0.05, 0.1) is 22.7 Å². The molecule has 0 spiro atoms. The Balaban J connectivity index is 1.35. The third kappa shape index (κ3) is 5.02. The van der Waals surface area contributed by atoms with Crippen LogP contribution in [0.25, 0.3) is 10.9 Å². The quantitative estimate of drug-likeness (QED) is 0.402. The van der Waals surface area contributed by atoms with Gasteiger partial charge in [-0.25, -0.2) is 9.97 Å². The minimum atomic E-state index is -0.0470. The van der Waals surface area contributed by atoms with E-state index >= 15 is 0 Å². The van der Waals surface area contributed by atoms with Crippen LogP contribution in [0, 0.1) is 13.8 Å². The lowest BCUT2D eigenvalue weighted by Gasteiger charge is -2.05. The number of hydrogen-bond donors (Lipinski definition) is 1. The van der Waals surface area contributed by atoms with Crippen molar-refractivity contribution in [2.24, 2.45) is 0 Å². The number of carbonyl (C=O) groups excluding carboxylic acids is 1. The molecule has 1 N–H and O–H groups in total. The third-order valence-electron chi connectivity index (χ3n) is 4.51. The van der Waals surface area contributed by atoms with Gasteiger partial charge in [0.2, 0.25) is 5.91 Å². The Morgan fingerprint density at radius 2 is 1.86 bits per heavy atom. The number of nitrogens with one attached hydrogen (secondary N) is 1. The number of thioether (sulfide) groups is 1. The highest BCUT2D eigenvalue weighted by molar-refractivity contribution is 7.98. The molecule has 0 radical (unpaired) electrons. The molecular weight excluding hydrogens is 398 g/mol. The first kappa shape index (κ1) is 19.6. The van der Waals surface area contributed by atoms with Crippen LogP contribution in [-0.4, -0.2) is 15.9 Å². The summed E-state index contributed by atoms with van der Waals surface area (Å²) in [5.41, 5.74) is 5.20. The number of fused-ring (bicyclic) bond motifs is 1. The summed E-state index contributed by atoms with van der Waals surface area (Å²) in [6, 6.07) is 18.1. The number of thiazole rings is 1. The van der Waals surface area contributed by atoms with Crippen molar-refractivity contribution in [1.82, 2.24) is 9.97 Å². The van der Waals surface area contributed by atoms with E-state index in [1.165, 1.54) is 27.8 Å². The van der Waals surface area contributed by atoms with Gasteiger partial charge in [-0.1, -0.05) is 47.7 Å². The molecule has 2 aromatic heterocycles. The zero-order chi connectivity index (χ0) is 20.2. The van der Waals surface area contributed by atoms with Crippen molar-refractivity contribution in [1.29, 1.82) is 0 Å². The van der Waals surface area contributed by atoms with Crippen LogP contribution in [0.5, 0.6) is 0 Å². The Kier molecular flexibility index (Phi) is 5.92. The second kappa shape index (κ2) is 8.76. The summed E-state index contributed by atoms with van der Waals surface area (Å²) in [6.07, 6.45) is 0.288. The SMILES string of the molecule is Cc1ccc(NC(=O)Cc2nc(CSc3cc(C)c4ccccc4n3)cs2)cc1. The number of carbonyl (C=O) groups is 1. The molecule has 0 saturated carbocycles. The molecule has 6 heteroatoms. The second-order valence-electron chi connectivity index (χ2n) is 6.91. The molecule has 2 aromatic carbocycles. The highest BCUT2D eigenvalue weighted by Crippen LogP contribution is 2.26. The number of hydrogen-bond acceptors (Lipinski definition) is 5. The lowest BCUT2D eigenvalue weighted by Crippen LogP contribution is -2.14. The fourth-order valence-corrected chi connectivity index (χ4v) is 4.78. The molecule has 146 valence electrons. The molecule has 0 aliphatic rings. The first-order valence-electron chi connectivity index (χ1n) is 9.36. The molecule has 0 saturated heterocycles. The fourth-order valence-electron chi connectivity index (χ4n) is 3.02. The van der Waals surface area contributed by atoms with Crippen molar-refractivity contribution >= 4 is 45.6 Å². The summed E-state index contributed by atoms with van der Waals surface area (Å²) >= 11 is 3.20. The lowest BCUT2D eigenvalue weighted by atomic mass is 10.1.